The lowest BCUT2D eigenvalue weighted by Crippen LogP contribution is -2.36. The first kappa shape index (κ1) is 14.4. The van der Waals surface area contributed by atoms with Gasteiger partial charge in [0.1, 0.15) is 5.69 Å². The minimum atomic E-state index is 0.640. The molecule has 0 spiro atoms. The van der Waals surface area contributed by atoms with Crippen molar-refractivity contribution in [3.8, 4) is 11.5 Å². The van der Waals surface area contributed by atoms with Crippen molar-refractivity contribution in [3.05, 3.63) is 6.20 Å². The Balaban J connectivity index is 1.53. The molecule has 0 aromatic carbocycles. The average Bonchev–Trinajstić information content (AvgIpc) is 2.99. The molecule has 3 aliphatic rings. The highest BCUT2D eigenvalue weighted by molar-refractivity contribution is 5.52. The van der Waals surface area contributed by atoms with Crippen LogP contribution >= 0.6 is 0 Å². The molecule has 3 fully saturated rings. The molecule has 0 bridgehead atoms. The Morgan fingerprint density at radius 2 is 2.04 bits per heavy atom. The predicted octanol–water partition coefficient (Wildman–Crippen LogP) is 2.49. The van der Waals surface area contributed by atoms with Crippen LogP contribution in [0.25, 0.3) is 11.5 Å². The van der Waals surface area contributed by atoms with Crippen LogP contribution in [0.2, 0.25) is 0 Å². The third kappa shape index (κ3) is 2.32. The number of anilines is 1. The maximum absolute atomic E-state index is 4.62. The van der Waals surface area contributed by atoms with Gasteiger partial charge < -0.3 is 4.90 Å². The number of hydrogen-bond donors (Lipinski definition) is 1. The molecule has 2 aliphatic carbocycles. The molecule has 7 heteroatoms. The van der Waals surface area contributed by atoms with Crippen LogP contribution in [0.15, 0.2) is 6.20 Å². The van der Waals surface area contributed by atoms with Gasteiger partial charge in [-0.3, -0.25) is 4.57 Å². The number of aromatic nitrogens is 6. The summed E-state index contributed by atoms with van der Waals surface area (Å²) >= 11 is 0. The summed E-state index contributed by atoms with van der Waals surface area (Å²) in [6.45, 7) is 4.52. The van der Waals surface area contributed by atoms with E-state index in [0.29, 0.717) is 6.04 Å². The molecule has 0 amide bonds. The fourth-order valence-electron chi connectivity index (χ4n) is 4.73. The highest BCUT2D eigenvalue weighted by Crippen LogP contribution is 2.42. The van der Waals surface area contributed by atoms with Gasteiger partial charge in [-0.15, -0.1) is 10.2 Å². The normalized spacial score (nSPS) is 29.9. The molecule has 1 N–H and O–H groups in total. The van der Waals surface area contributed by atoms with Gasteiger partial charge in [-0.2, -0.15) is 15.4 Å². The summed E-state index contributed by atoms with van der Waals surface area (Å²) in [7, 11) is 0. The van der Waals surface area contributed by atoms with Crippen LogP contribution in [0.4, 0.5) is 5.95 Å². The Kier molecular flexibility index (Phi) is 3.35. The van der Waals surface area contributed by atoms with Crippen molar-refractivity contribution in [3.63, 3.8) is 0 Å². The van der Waals surface area contributed by atoms with Gasteiger partial charge in [0.2, 0.25) is 5.95 Å². The summed E-state index contributed by atoms with van der Waals surface area (Å²) in [5.41, 5.74) is 0.793. The summed E-state index contributed by atoms with van der Waals surface area (Å²) in [6.07, 6.45) is 9.78. The molecule has 0 radical (unpaired) electrons. The first-order valence-electron chi connectivity index (χ1n) is 9.37. The average molecular weight is 327 g/mol. The van der Waals surface area contributed by atoms with E-state index in [1.807, 2.05) is 0 Å². The lowest BCUT2D eigenvalue weighted by molar-refractivity contribution is 0.292. The number of nitrogens with zero attached hydrogens (tertiary/aromatic N) is 6. The van der Waals surface area contributed by atoms with E-state index in [1.54, 1.807) is 6.20 Å². The Morgan fingerprint density at radius 3 is 2.83 bits per heavy atom. The maximum Gasteiger partial charge on any atom is 0.227 e. The van der Waals surface area contributed by atoms with Crippen LogP contribution < -0.4 is 4.90 Å². The summed E-state index contributed by atoms with van der Waals surface area (Å²) < 4.78 is 2.30. The molecular weight excluding hydrogens is 302 g/mol. The lowest BCUT2D eigenvalue weighted by atomic mass is 9.80. The van der Waals surface area contributed by atoms with Crippen LogP contribution in [0.3, 0.4) is 0 Å². The molecule has 2 aromatic heterocycles. The number of fused-ring (bicyclic) bond motifs is 1. The first-order valence-corrected chi connectivity index (χ1v) is 9.37. The topological polar surface area (TPSA) is 75.5 Å². The standard InChI is InChI=1S/C17H25N7/c1-11-9-23(15-5-3-2-4-13(11)15)17-21-20-16(14-8-18-22-19-14)24(17)10-12-6-7-12/h8,11-13,15H,2-7,9-10H2,1H3,(H,18,19,22). The molecule has 2 aromatic rings. The quantitative estimate of drug-likeness (QED) is 0.934. The summed E-state index contributed by atoms with van der Waals surface area (Å²) in [5.74, 6) is 4.25. The van der Waals surface area contributed by atoms with Crippen molar-refractivity contribution in [2.24, 2.45) is 17.8 Å². The van der Waals surface area contributed by atoms with E-state index in [-0.39, 0.29) is 0 Å². The molecule has 1 saturated heterocycles. The summed E-state index contributed by atoms with van der Waals surface area (Å²) in [6, 6.07) is 0.640. The second kappa shape index (κ2) is 5.57. The molecule has 7 nitrogen and oxygen atoms in total. The van der Waals surface area contributed by atoms with Crippen LogP contribution in [-0.4, -0.2) is 42.8 Å². The zero-order chi connectivity index (χ0) is 16.1. The second-order valence-corrected chi connectivity index (χ2v) is 7.88. The smallest absolute Gasteiger partial charge is 0.227 e. The minimum Gasteiger partial charge on any atom is -0.337 e. The molecular formula is C17H25N7. The van der Waals surface area contributed by atoms with E-state index < -0.39 is 0 Å². The molecule has 128 valence electrons. The predicted molar refractivity (Wildman–Crippen MR) is 90.4 cm³/mol. The van der Waals surface area contributed by atoms with Gasteiger partial charge >= 0.3 is 0 Å². The van der Waals surface area contributed by atoms with E-state index in [2.05, 4.69) is 42.0 Å². The number of hydrogen-bond acceptors (Lipinski definition) is 5. The molecule has 3 heterocycles. The number of rotatable bonds is 4. The van der Waals surface area contributed by atoms with Crippen LogP contribution in [0.5, 0.6) is 0 Å². The first-order chi connectivity index (χ1) is 11.8. The van der Waals surface area contributed by atoms with Gasteiger partial charge in [0, 0.05) is 19.1 Å². The SMILES string of the molecule is CC1CN(c2nnc(-c3cn[nH]n3)n2CC2CC2)C2CCCCC12. The monoisotopic (exact) mass is 327 g/mol. The zero-order valence-electron chi connectivity index (χ0n) is 14.2. The van der Waals surface area contributed by atoms with Crippen molar-refractivity contribution in [1.29, 1.82) is 0 Å². The highest BCUT2D eigenvalue weighted by Gasteiger charge is 2.43. The molecule has 24 heavy (non-hydrogen) atoms. The summed E-state index contributed by atoms with van der Waals surface area (Å²) in [4.78, 5) is 2.55. The van der Waals surface area contributed by atoms with Gasteiger partial charge in [0.25, 0.3) is 0 Å². The Morgan fingerprint density at radius 1 is 1.17 bits per heavy atom. The second-order valence-electron chi connectivity index (χ2n) is 7.88. The zero-order valence-corrected chi connectivity index (χ0v) is 14.2. The van der Waals surface area contributed by atoms with Crippen molar-refractivity contribution < 1.29 is 0 Å². The number of aromatic amines is 1. The number of H-pyrrole nitrogens is 1. The van der Waals surface area contributed by atoms with Gasteiger partial charge in [0.15, 0.2) is 5.82 Å². The van der Waals surface area contributed by atoms with E-state index in [9.17, 15) is 0 Å². The third-order valence-corrected chi connectivity index (χ3v) is 6.17. The van der Waals surface area contributed by atoms with E-state index in [4.69, 9.17) is 0 Å². The van der Waals surface area contributed by atoms with Gasteiger partial charge in [-0.05, 0) is 43.4 Å². The Bertz CT molecular complexity index is 703. The third-order valence-electron chi connectivity index (χ3n) is 6.17. The fraction of sp³-hybridized carbons (Fsp3) is 0.765. The molecule has 3 unspecified atom stereocenters. The van der Waals surface area contributed by atoms with E-state index >= 15 is 0 Å². The van der Waals surface area contributed by atoms with E-state index in [0.717, 1.165) is 48.3 Å². The lowest BCUT2D eigenvalue weighted by Gasteiger charge is -2.32. The Labute approximate surface area is 141 Å². The van der Waals surface area contributed by atoms with Gasteiger partial charge in [0.05, 0.1) is 6.20 Å². The maximum atomic E-state index is 4.62. The molecule has 3 atom stereocenters. The largest absolute Gasteiger partial charge is 0.337 e. The highest BCUT2D eigenvalue weighted by atomic mass is 15.4. The minimum absolute atomic E-state index is 0.640. The van der Waals surface area contributed by atoms with Crippen molar-refractivity contribution in [1.82, 2.24) is 30.2 Å². The van der Waals surface area contributed by atoms with E-state index in [1.165, 1.54) is 38.5 Å². The molecule has 5 rings (SSSR count). The van der Waals surface area contributed by atoms with Crippen LogP contribution in [0.1, 0.15) is 45.4 Å². The molecule has 2 saturated carbocycles. The number of nitrogens with one attached hydrogen (secondary N) is 1. The van der Waals surface area contributed by atoms with Gasteiger partial charge in [-0.1, -0.05) is 19.8 Å². The van der Waals surface area contributed by atoms with Gasteiger partial charge in [-0.25, -0.2) is 0 Å². The Hall–Kier alpha value is -1.92. The fourth-order valence-corrected chi connectivity index (χ4v) is 4.73. The van der Waals surface area contributed by atoms with Crippen molar-refractivity contribution >= 4 is 5.95 Å². The van der Waals surface area contributed by atoms with Crippen LogP contribution in [-0.2, 0) is 6.54 Å². The summed E-state index contributed by atoms with van der Waals surface area (Å²) in [5, 5.41) is 20.0. The van der Waals surface area contributed by atoms with Crippen molar-refractivity contribution in [2.75, 3.05) is 11.4 Å². The van der Waals surface area contributed by atoms with Crippen LogP contribution in [0, 0.1) is 17.8 Å². The van der Waals surface area contributed by atoms with Crippen molar-refractivity contribution in [2.45, 2.75) is 58.0 Å². The molecule has 1 aliphatic heterocycles.